The van der Waals surface area contributed by atoms with E-state index >= 15 is 0 Å². The molecule has 0 saturated heterocycles. The van der Waals surface area contributed by atoms with E-state index in [1.807, 2.05) is 56.3 Å². The third kappa shape index (κ3) is 4.78. The van der Waals surface area contributed by atoms with Crippen molar-refractivity contribution in [3.63, 3.8) is 0 Å². The zero-order valence-corrected chi connectivity index (χ0v) is 17.9. The van der Waals surface area contributed by atoms with Crippen molar-refractivity contribution in [1.29, 1.82) is 0 Å². The minimum atomic E-state index is -0.241. The van der Waals surface area contributed by atoms with Gasteiger partial charge in [0, 0.05) is 9.13 Å². The van der Waals surface area contributed by atoms with Gasteiger partial charge in [0.15, 0.2) is 0 Å². The van der Waals surface area contributed by atoms with Crippen molar-refractivity contribution in [2.45, 2.75) is 19.9 Å². The maximum atomic E-state index is 12.8. The first-order valence-electron chi connectivity index (χ1n) is 8.98. The molecule has 28 heavy (non-hydrogen) atoms. The molecule has 3 aromatic rings. The summed E-state index contributed by atoms with van der Waals surface area (Å²) in [6.45, 7) is 3.93. The first-order chi connectivity index (χ1) is 13.5. The standard InChI is InChI=1S/C23H21IN2O2/c1-15-12-13-18(14-20(15)24)22(27)26-21-11-7-6-10-19(21)23(28)25-16(2)17-8-4-3-5-9-17/h3-14,16H,1-2H3,(H,25,28)(H,26,27). The highest BCUT2D eigenvalue weighted by molar-refractivity contribution is 14.1. The number of hydrogen-bond donors (Lipinski definition) is 2. The number of halogens is 1. The van der Waals surface area contributed by atoms with Crippen molar-refractivity contribution in [3.05, 3.63) is 98.6 Å². The smallest absolute Gasteiger partial charge is 0.255 e. The van der Waals surface area contributed by atoms with Gasteiger partial charge in [-0.15, -0.1) is 0 Å². The lowest BCUT2D eigenvalue weighted by atomic mass is 10.1. The van der Waals surface area contributed by atoms with Crippen LogP contribution in [0.5, 0.6) is 0 Å². The van der Waals surface area contributed by atoms with Gasteiger partial charge in [-0.1, -0.05) is 48.5 Å². The predicted molar refractivity (Wildman–Crippen MR) is 121 cm³/mol. The monoisotopic (exact) mass is 484 g/mol. The molecule has 0 aliphatic heterocycles. The Hall–Kier alpha value is -2.67. The van der Waals surface area contributed by atoms with E-state index in [1.165, 1.54) is 0 Å². The number of anilines is 1. The molecule has 4 nitrogen and oxygen atoms in total. The van der Waals surface area contributed by atoms with Crippen LogP contribution >= 0.6 is 22.6 Å². The Morgan fingerprint density at radius 3 is 2.29 bits per heavy atom. The van der Waals surface area contributed by atoms with E-state index < -0.39 is 0 Å². The van der Waals surface area contributed by atoms with Gasteiger partial charge in [0.25, 0.3) is 11.8 Å². The molecule has 0 spiro atoms. The molecule has 0 bridgehead atoms. The molecule has 3 rings (SSSR count). The lowest BCUT2D eigenvalue weighted by molar-refractivity contribution is 0.0941. The average molecular weight is 484 g/mol. The highest BCUT2D eigenvalue weighted by Crippen LogP contribution is 2.20. The Kier molecular flexibility index (Phi) is 6.46. The second-order valence-corrected chi connectivity index (χ2v) is 7.73. The van der Waals surface area contributed by atoms with E-state index in [1.54, 1.807) is 30.3 Å². The quantitative estimate of drug-likeness (QED) is 0.481. The molecule has 0 fully saturated rings. The van der Waals surface area contributed by atoms with Crippen LogP contribution in [0.25, 0.3) is 0 Å². The van der Waals surface area contributed by atoms with E-state index in [0.717, 1.165) is 14.7 Å². The molecule has 3 aromatic carbocycles. The predicted octanol–water partition coefficient (Wildman–Crippen LogP) is 5.34. The fourth-order valence-electron chi connectivity index (χ4n) is 2.82. The molecule has 0 radical (unpaired) electrons. The maximum Gasteiger partial charge on any atom is 0.255 e. The summed E-state index contributed by atoms with van der Waals surface area (Å²) in [6.07, 6.45) is 0. The summed E-state index contributed by atoms with van der Waals surface area (Å²) in [5, 5.41) is 5.86. The molecule has 0 heterocycles. The number of benzene rings is 3. The molecular weight excluding hydrogens is 463 g/mol. The van der Waals surface area contributed by atoms with Gasteiger partial charge in [0.05, 0.1) is 17.3 Å². The second-order valence-electron chi connectivity index (χ2n) is 6.57. The van der Waals surface area contributed by atoms with Crippen LogP contribution in [-0.4, -0.2) is 11.8 Å². The minimum absolute atomic E-state index is 0.142. The summed E-state index contributed by atoms with van der Waals surface area (Å²) >= 11 is 2.21. The zero-order valence-electron chi connectivity index (χ0n) is 15.7. The summed E-state index contributed by atoms with van der Waals surface area (Å²) < 4.78 is 1.02. The van der Waals surface area contributed by atoms with Crippen LogP contribution in [0.3, 0.4) is 0 Å². The molecule has 1 atom stereocenters. The average Bonchev–Trinajstić information content (AvgIpc) is 2.71. The Balaban J connectivity index is 1.77. The van der Waals surface area contributed by atoms with Gasteiger partial charge in [-0.05, 0) is 71.8 Å². The van der Waals surface area contributed by atoms with Crippen LogP contribution in [0.2, 0.25) is 0 Å². The van der Waals surface area contributed by atoms with Gasteiger partial charge in [0.1, 0.15) is 0 Å². The van der Waals surface area contributed by atoms with Gasteiger partial charge >= 0.3 is 0 Å². The molecular formula is C23H21IN2O2. The van der Waals surface area contributed by atoms with Gasteiger partial charge in [-0.25, -0.2) is 0 Å². The molecule has 0 aliphatic rings. The summed E-state index contributed by atoms with van der Waals surface area (Å²) in [4.78, 5) is 25.5. The van der Waals surface area contributed by atoms with Crippen molar-refractivity contribution in [3.8, 4) is 0 Å². The molecule has 1 unspecified atom stereocenters. The molecule has 2 amide bonds. The van der Waals surface area contributed by atoms with Gasteiger partial charge < -0.3 is 10.6 Å². The normalized spacial score (nSPS) is 11.5. The van der Waals surface area contributed by atoms with Crippen molar-refractivity contribution in [2.24, 2.45) is 0 Å². The molecule has 142 valence electrons. The van der Waals surface area contributed by atoms with Crippen molar-refractivity contribution in [2.75, 3.05) is 5.32 Å². The van der Waals surface area contributed by atoms with E-state index in [9.17, 15) is 9.59 Å². The van der Waals surface area contributed by atoms with Crippen molar-refractivity contribution < 1.29 is 9.59 Å². The first-order valence-corrected chi connectivity index (χ1v) is 10.1. The summed E-state index contributed by atoms with van der Waals surface area (Å²) in [6, 6.07) is 22.2. The largest absolute Gasteiger partial charge is 0.345 e. The number of nitrogens with one attached hydrogen (secondary N) is 2. The SMILES string of the molecule is Cc1ccc(C(=O)Nc2ccccc2C(=O)NC(C)c2ccccc2)cc1I. The summed E-state index contributed by atoms with van der Waals surface area (Å²) in [5.74, 6) is -0.472. The number of carbonyl (C=O) groups is 2. The Morgan fingerprint density at radius 1 is 0.893 bits per heavy atom. The van der Waals surface area contributed by atoms with Crippen LogP contribution < -0.4 is 10.6 Å². The Bertz CT molecular complexity index is 1000. The Morgan fingerprint density at radius 2 is 1.57 bits per heavy atom. The number of carbonyl (C=O) groups excluding carboxylic acids is 2. The van der Waals surface area contributed by atoms with E-state index in [4.69, 9.17) is 0 Å². The molecule has 2 N–H and O–H groups in total. The van der Waals surface area contributed by atoms with Crippen LogP contribution in [-0.2, 0) is 0 Å². The minimum Gasteiger partial charge on any atom is -0.345 e. The number of hydrogen-bond acceptors (Lipinski definition) is 2. The highest BCUT2D eigenvalue weighted by Gasteiger charge is 2.16. The van der Waals surface area contributed by atoms with Crippen molar-refractivity contribution >= 4 is 40.1 Å². The molecule has 5 heteroatoms. The van der Waals surface area contributed by atoms with Crippen LogP contribution in [0.1, 0.15) is 44.8 Å². The second kappa shape index (κ2) is 9.01. The maximum absolute atomic E-state index is 12.8. The summed E-state index contributed by atoms with van der Waals surface area (Å²) in [7, 11) is 0. The van der Waals surface area contributed by atoms with E-state index in [0.29, 0.717) is 16.8 Å². The lowest BCUT2D eigenvalue weighted by Crippen LogP contribution is -2.28. The summed E-state index contributed by atoms with van der Waals surface area (Å²) in [5.41, 5.74) is 3.61. The number of aryl methyl sites for hydroxylation is 1. The fraction of sp³-hybridized carbons (Fsp3) is 0.130. The zero-order chi connectivity index (χ0) is 20.1. The van der Waals surface area contributed by atoms with Crippen molar-refractivity contribution in [1.82, 2.24) is 5.32 Å². The fourth-order valence-corrected chi connectivity index (χ4v) is 3.33. The topological polar surface area (TPSA) is 58.2 Å². The van der Waals surface area contributed by atoms with Gasteiger partial charge in [-0.3, -0.25) is 9.59 Å². The van der Waals surface area contributed by atoms with Gasteiger partial charge in [-0.2, -0.15) is 0 Å². The van der Waals surface area contributed by atoms with Gasteiger partial charge in [0.2, 0.25) is 0 Å². The molecule has 0 saturated carbocycles. The molecule has 0 aliphatic carbocycles. The Labute approximate surface area is 178 Å². The van der Waals surface area contributed by atoms with Crippen LogP contribution in [0.15, 0.2) is 72.8 Å². The van der Waals surface area contributed by atoms with E-state index in [2.05, 4.69) is 33.2 Å². The lowest BCUT2D eigenvalue weighted by Gasteiger charge is -2.16. The third-order valence-corrected chi connectivity index (χ3v) is 5.66. The number of amides is 2. The highest BCUT2D eigenvalue weighted by atomic mass is 127. The third-order valence-electron chi connectivity index (χ3n) is 4.50. The molecule has 0 aromatic heterocycles. The number of para-hydroxylation sites is 1. The van der Waals surface area contributed by atoms with E-state index in [-0.39, 0.29) is 17.9 Å². The number of rotatable bonds is 5. The van der Waals surface area contributed by atoms with Crippen LogP contribution in [0.4, 0.5) is 5.69 Å². The van der Waals surface area contributed by atoms with Crippen LogP contribution in [0, 0.1) is 10.5 Å². The first kappa shape index (κ1) is 20.1.